The van der Waals surface area contributed by atoms with Gasteiger partial charge in [0.05, 0.1) is 13.2 Å². The van der Waals surface area contributed by atoms with E-state index < -0.39 is 22.1 Å². The summed E-state index contributed by atoms with van der Waals surface area (Å²) in [6, 6.07) is 8.91. The molecule has 4 rings (SSSR count). The van der Waals surface area contributed by atoms with Crippen molar-refractivity contribution in [2.24, 2.45) is 0 Å². The highest BCUT2D eigenvalue weighted by atomic mass is 32.2. The lowest BCUT2D eigenvalue weighted by molar-refractivity contribution is -0.126. The lowest BCUT2D eigenvalue weighted by Gasteiger charge is -2.31. The minimum absolute atomic E-state index is 0.0227. The number of aryl methyl sites for hydroxylation is 1. The second-order valence-electron chi connectivity index (χ2n) is 7.54. The fraction of sp³-hybridized carbons (Fsp3) is 0.429. The van der Waals surface area contributed by atoms with Crippen LogP contribution in [0.2, 0.25) is 0 Å². The molecular formula is C21H25N3O6S. The van der Waals surface area contributed by atoms with Gasteiger partial charge in [0.2, 0.25) is 10.0 Å². The molecule has 2 aliphatic rings. The first-order valence-corrected chi connectivity index (χ1v) is 11.7. The number of ether oxygens (including phenoxy) is 2. The zero-order valence-electron chi connectivity index (χ0n) is 17.2. The number of H-pyrrole nitrogens is 1. The van der Waals surface area contributed by atoms with Gasteiger partial charge in [-0.2, -0.15) is 4.31 Å². The summed E-state index contributed by atoms with van der Waals surface area (Å²) in [7, 11) is -3.73. The fourth-order valence-electron chi connectivity index (χ4n) is 3.83. The number of hydrogen-bond acceptors (Lipinski definition) is 6. The smallest absolute Gasteiger partial charge is 0.355 e. The largest absolute Gasteiger partial charge is 0.448 e. The van der Waals surface area contributed by atoms with E-state index in [1.807, 2.05) is 24.3 Å². The van der Waals surface area contributed by atoms with Crippen LogP contribution in [0.3, 0.4) is 0 Å². The number of rotatable bonds is 5. The van der Waals surface area contributed by atoms with Crippen LogP contribution >= 0.6 is 0 Å². The number of esters is 1. The van der Waals surface area contributed by atoms with Gasteiger partial charge in [-0.3, -0.25) is 4.79 Å². The van der Waals surface area contributed by atoms with Crippen LogP contribution in [-0.4, -0.2) is 68.5 Å². The zero-order valence-corrected chi connectivity index (χ0v) is 18.1. The van der Waals surface area contributed by atoms with Crippen molar-refractivity contribution < 1.29 is 27.5 Å². The molecule has 10 heteroatoms. The number of fused-ring (bicyclic) bond motifs is 1. The van der Waals surface area contributed by atoms with E-state index in [0.717, 1.165) is 24.1 Å². The van der Waals surface area contributed by atoms with Gasteiger partial charge in [-0.15, -0.1) is 0 Å². The molecule has 2 aromatic rings. The van der Waals surface area contributed by atoms with Crippen molar-refractivity contribution in [3.63, 3.8) is 0 Å². The predicted molar refractivity (Wildman–Crippen MR) is 112 cm³/mol. The highest BCUT2D eigenvalue weighted by molar-refractivity contribution is 7.89. The van der Waals surface area contributed by atoms with Crippen LogP contribution in [0.25, 0.3) is 0 Å². The van der Waals surface area contributed by atoms with E-state index in [4.69, 9.17) is 9.47 Å². The summed E-state index contributed by atoms with van der Waals surface area (Å²) in [4.78, 5) is 29.7. The molecule has 1 atom stereocenters. The number of carbonyl (C=O) groups is 2. The summed E-state index contributed by atoms with van der Waals surface area (Å²) in [5, 5.41) is 0. The van der Waals surface area contributed by atoms with Crippen molar-refractivity contribution in [3.8, 4) is 0 Å². The van der Waals surface area contributed by atoms with Gasteiger partial charge < -0.3 is 19.4 Å². The second-order valence-corrected chi connectivity index (χ2v) is 9.47. The molecule has 0 saturated carbocycles. The molecule has 31 heavy (non-hydrogen) atoms. The first-order valence-electron chi connectivity index (χ1n) is 10.2. The molecule has 0 bridgehead atoms. The van der Waals surface area contributed by atoms with Crippen molar-refractivity contribution in [3.05, 3.63) is 47.8 Å². The van der Waals surface area contributed by atoms with Crippen LogP contribution in [0.5, 0.6) is 0 Å². The number of anilines is 1. The Morgan fingerprint density at radius 1 is 1.16 bits per heavy atom. The van der Waals surface area contributed by atoms with Gasteiger partial charge in [0.15, 0.2) is 6.10 Å². The molecule has 0 unspecified atom stereocenters. The van der Waals surface area contributed by atoms with Crippen LogP contribution in [0.4, 0.5) is 5.69 Å². The van der Waals surface area contributed by atoms with Gasteiger partial charge in [0.25, 0.3) is 5.91 Å². The van der Waals surface area contributed by atoms with Crippen LogP contribution in [0.15, 0.2) is 41.4 Å². The van der Waals surface area contributed by atoms with Crippen molar-refractivity contribution in [1.82, 2.24) is 9.29 Å². The summed E-state index contributed by atoms with van der Waals surface area (Å²) in [6.45, 7) is 3.26. The molecule has 3 heterocycles. The van der Waals surface area contributed by atoms with Crippen molar-refractivity contribution in [1.29, 1.82) is 0 Å². The average molecular weight is 448 g/mol. The molecule has 1 saturated heterocycles. The molecule has 0 spiro atoms. The first-order chi connectivity index (χ1) is 14.9. The Labute approximate surface area is 181 Å². The third-order valence-corrected chi connectivity index (χ3v) is 7.37. The van der Waals surface area contributed by atoms with Crippen molar-refractivity contribution in [2.45, 2.75) is 30.8 Å². The maximum atomic E-state index is 12.9. The van der Waals surface area contributed by atoms with E-state index in [9.17, 15) is 18.0 Å². The Hall–Kier alpha value is -2.69. The lowest BCUT2D eigenvalue weighted by Crippen LogP contribution is -2.42. The average Bonchev–Trinajstić information content (AvgIpc) is 3.30. The number of carbonyl (C=O) groups excluding carboxylic acids is 2. The van der Waals surface area contributed by atoms with Gasteiger partial charge in [0.1, 0.15) is 10.6 Å². The monoisotopic (exact) mass is 447 g/mol. The third kappa shape index (κ3) is 4.36. The molecule has 2 aliphatic heterocycles. The number of nitrogens with zero attached hydrogens (tertiary/aromatic N) is 2. The number of aromatic nitrogens is 1. The number of sulfonamides is 1. The molecule has 9 nitrogen and oxygen atoms in total. The molecular weight excluding hydrogens is 422 g/mol. The van der Waals surface area contributed by atoms with Crippen molar-refractivity contribution in [2.75, 3.05) is 37.7 Å². The van der Waals surface area contributed by atoms with Crippen molar-refractivity contribution >= 4 is 27.6 Å². The fourth-order valence-corrected chi connectivity index (χ4v) is 5.24. The Kier molecular flexibility index (Phi) is 6.12. The van der Waals surface area contributed by atoms with E-state index in [1.165, 1.54) is 23.5 Å². The topological polar surface area (TPSA) is 109 Å². The summed E-state index contributed by atoms with van der Waals surface area (Å²) in [5.74, 6) is -1.09. The molecule has 1 N–H and O–H groups in total. The normalized spacial score (nSPS) is 18.3. The van der Waals surface area contributed by atoms with Crippen LogP contribution in [0.1, 0.15) is 29.4 Å². The van der Waals surface area contributed by atoms with E-state index in [1.54, 1.807) is 4.90 Å². The summed E-state index contributed by atoms with van der Waals surface area (Å²) in [6.07, 6.45) is 1.98. The molecule has 166 valence electrons. The highest BCUT2D eigenvalue weighted by Gasteiger charge is 2.31. The number of nitrogens with one attached hydrogen (secondary N) is 1. The maximum Gasteiger partial charge on any atom is 0.355 e. The first kappa shape index (κ1) is 21.5. The summed E-state index contributed by atoms with van der Waals surface area (Å²) >= 11 is 0. The Morgan fingerprint density at radius 2 is 1.90 bits per heavy atom. The SMILES string of the molecule is C[C@@H](OC(=O)c1cc(S(=O)(=O)N2CCOCC2)c[nH]1)C(=O)N1CCCc2ccccc21. The minimum Gasteiger partial charge on any atom is -0.448 e. The Bertz CT molecular complexity index is 1070. The number of aromatic amines is 1. The molecule has 1 aromatic carbocycles. The highest BCUT2D eigenvalue weighted by Crippen LogP contribution is 2.27. The number of amides is 1. The third-order valence-electron chi connectivity index (χ3n) is 5.49. The van der Waals surface area contributed by atoms with E-state index in [-0.39, 0.29) is 29.6 Å². The van der Waals surface area contributed by atoms with Gasteiger partial charge in [-0.25, -0.2) is 13.2 Å². The molecule has 1 amide bonds. The van der Waals surface area contributed by atoms with E-state index in [2.05, 4.69) is 4.98 Å². The van der Waals surface area contributed by atoms with Gasteiger partial charge >= 0.3 is 5.97 Å². The maximum absolute atomic E-state index is 12.9. The van der Waals surface area contributed by atoms with Crippen LogP contribution in [0, 0.1) is 0 Å². The minimum atomic E-state index is -3.73. The number of benzene rings is 1. The summed E-state index contributed by atoms with van der Waals surface area (Å²) in [5.41, 5.74) is 1.90. The predicted octanol–water partition coefficient (Wildman–Crippen LogP) is 1.56. The van der Waals surface area contributed by atoms with E-state index in [0.29, 0.717) is 19.8 Å². The molecule has 0 radical (unpaired) electrons. The zero-order chi connectivity index (χ0) is 22.0. The second kappa shape index (κ2) is 8.81. The Morgan fingerprint density at radius 3 is 2.68 bits per heavy atom. The molecule has 1 aromatic heterocycles. The van der Waals surface area contributed by atoms with E-state index >= 15 is 0 Å². The summed E-state index contributed by atoms with van der Waals surface area (Å²) < 4.78 is 37.3. The quantitative estimate of drug-likeness (QED) is 0.697. The van der Waals surface area contributed by atoms with Gasteiger partial charge in [-0.1, -0.05) is 18.2 Å². The van der Waals surface area contributed by atoms with Gasteiger partial charge in [0, 0.05) is 31.5 Å². The number of morpholine rings is 1. The standard InChI is InChI=1S/C21H25N3O6S/c1-15(20(25)24-8-4-6-16-5-2-3-7-19(16)24)30-21(26)18-13-17(14-22-18)31(27,28)23-9-11-29-12-10-23/h2-3,5,7,13-15,22H,4,6,8-12H2,1H3/t15-/m1/s1. The number of hydrogen-bond donors (Lipinski definition) is 1. The molecule has 0 aliphatic carbocycles. The number of para-hydroxylation sites is 1. The van der Waals surface area contributed by atoms with Crippen LogP contribution < -0.4 is 4.90 Å². The van der Waals surface area contributed by atoms with Crippen LogP contribution in [-0.2, 0) is 30.7 Å². The van der Waals surface area contributed by atoms with Gasteiger partial charge in [-0.05, 0) is 37.5 Å². The Balaban J connectivity index is 1.44. The molecule has 1 fully saturated rings. The lowest BCUT2D eigenvalue weighted by atomic mass is 10.0.